The SMILES string of the molecule is Cc1nnc(C2(C3CCCCCO3)NC(c3ncc(-c4ccc(F)c(C)n4)[nH]3)Cc3c2[nH]c2ccccc32)o1. The number of aromatic nitrogens is 6. The summed E-state index contributed by atoms with van der Waals surface area (Å²) in [5.74, 6) is 1.39. The van der Waals surface area contributed by atoms with Gasteiger partial charge in [-0.2, -0.15) is 0 Å². The average Bonchev–Trinajstić information content (AvgIpc) is 3.64. The van der Waals surface area contributed by atoms with Crippen molar-refractivity contribution in [1.82, 2.24) is 35.5 Å². The average molecular weight is 528 g/mol. The summed E-state index contributed by atoms with van der Waals surface area (Å²) < 4.78 is 26.6. The van der Waals surface area contributed by atoms with Gasteiger partial charge in [0, 0.05) is 24.4 Å². The van der Waals surface area contributed by atoms with Crippen LogP contribution in [0.15, 0.2) is 47.0 Å². The summed E-state index contributed by atoms with van der Waals surface area (Å²) in [6.07, 6.45) is 6.23. The number of hydrogen-bond acceptors (Lipinski definition) is 7. The Hall–Kier alpha value is -3.89. The summed E-state index contributed by atoms with van der Waals surface area (Å²) in [7, 11) is 0. The van der Waals surface area contributed by atoms with Gasteiger partial charge in [0.15, 0.2) is 5.54 Å². The van der Waals surface area contributed by atoms with Gasteiger partial charge in [0.25, 0.3) is 0 Å². The van der Waals surface area contributed by atoms with Crippen LogP contribution >= 0.6 is 0 Å². The van der Waals surface area contributed by atoms with Gasteiger partial charge < -0.3 is 19.1 Å². The summed E-state index contributed by atoms with van der Waals surface area (Å²) in [6.45, 7) is 4.13. The summed E-state index contributed by atoms with van der Waals surface area (Å²) >= 11 is 0. The van der Waals surface area contributed by atoms with Gasteiger partial charge >= 0.3 is 0 Å². The minimum Gasteiger partial charge on any atom is -0.423 e. The van der Waals surface area contributed by atoms with Gasteiger partial charge in [0.05, 0.1) is 41.1 Å². The Balaban J connectivity index is 1.40. The molecular formula is C29H30FN7O2. The normalized spacial score (nSPS) is 23.6. The highest BCUT2D eigenvalue weighted by molar-refractivity contribution is 5.85. The Morgan fingerprint density at radius 2 is 1.92 bits per heavy atom. The van der Waals surface area contributed by atoms with Crippen LogP contribution in [0.5, 0.6) is 0 Å². The number of imidazole rings is 1. The molecule has 5 aromatic rings. The molecule has 0 spiro atoms. The lowest BCUT2D eigenvalue weighted by molar-refractivity contribution is -0.0193. The van der Waals surface area contributed by atoms with Crippen LogP contribution in [0, 0.1) is 19.7 Å². The van der Waals surface area contributed by atoms with E-state index < -0.39 is 5.54 Å². The molecule has 200 valence electrons. The molecule has 1 fully saturated rings. The summed E-state index contributed by atoms with van der Waals surface area (Å²) in [4.78, 5) is 16.3. The van der Waals surface area contributed by atoms with Crippen molar-refractivity contribution in [2.24, 2.45) is 0 Å². The number of benzene rings is 1. The van der Waals surface area contributed by atoms with Gasteiger partial charge in [0.2, 0.25) is 11.8 Å². The van der Waals surface area contributed by atoms with Gasteiger partial charge in [-0.05, 0) is 49.9 Å². The fourth-order valence-corrected chi connectivity index (χ4v) is 6.13. The van der Waals surface area contributed by atoms with Crippen molar-refractivity contribution >= 4 is 10.9 Å². The molecule has 0 amide bonds. The third-order valence-electron chi connectivity index (χ3n) is 8.02. The molecule has 39 heavy (non-hydrogen) atoms. The van der Waals surface area contributed by atoms with E-state index in [4.69, 9.17) is 14.1 Å². The van der Waals surface area contributed by atoms with Gasteiger partial charge in [-0.15, -0.1) is 10.2 Å². The number of rotatable bonds is 4. The van der Waals surface area contributed by atoms with E-state index in [2.05, 4.69) is 48.7 Å². The van der Waals surface area contributed by atoms with E-state index in [-0.39, 0.29) is 18.0 Å². The molecule has 2 aliphatic heterocycles. The van der Waals surface area contributed by atoms with Crippen LogP contribution < -0.4 is 5.32 Å². The van der Waals surface area contributed by atoms with Crippen LogP contribution in [-0.4, -0.2) is 42.8 Å². The standard InChI is InChI=1S/C29H30FN7O2/c1-16-20(30)11-12-22(32-16)24-15-31-27(34-24)23-14-19-18-8-5-6-9-21(18)33-26(19)29(35-23,28-37-36-17(2)39-28)25-10-4-3-7-13-38-25/h5-6,8-9,11-12,15,23,25,33,35H,3-4,7,10,13-14H2,1-2H3,(H,31,34). The van der Waals surface area contributed by atoms with E-state index in [1.165, 1.54) is 11.6 Å². The summed E-state index contributed by atoms with van der Waals surface area (Å²) in [5, 5.41) is 13.8. The number of ether oxygens (including phenoxy) is 1. The highest BCUT2D eigenvalue weighted by Gasteiger charge is 2.54. The lowest BCUT2D eigenvalue weighted by atomic mass is 9.78. The van der Waals surface area contributed by atoms with Gasteiger partial charge in [0.1, 0.15) is 11.6 Å². The Bertz CT molecular complexity index is 1650. The number of nitrogens with one attached hydrogen (secondary N) is 3. The number of pyridine rings is 1. The molecule has 4 aromatic heterocycles. The Labute approximate surface area is 224 Å². The maximum atomic E-state index is 13.9. The first kappa shape index (κ1) is 24.2. The smallest absolute Gasteiger partial charge is 0.245 e. The molecule has 0 radical (unpaired) electrons. The lowest BCUT2D eigenvalue weighted by Crippen LogP contribution is -2.58. The molecule has 3 unspecified atom stereocenters. The molecule has 3 atom stereocenters. The molecule has 3 N–H and O–H groups in total. The zero-order chi connectivity index (χ0) is 26.6. The molecule has 1 saturated heterocycles. The zero-order valence-corrected chi connectivity index (χ0v) is 21.9. The Morgan fingerprint density at radius 3 is 2.77 bits per heavy atom. The molecular weight excluding hydrogens is 497 g/mol. The Morgan fingerprint density at radius 1 is 1.03 bits per heavy atom. The van der Waals surface area contributed by atoms with E-state index >= 15 is 0 Å². The predicted molar refractivity (Wildman–Crippen MR) is 142 cm³/mol. The van der Waals surface area contributed by atoms with Crippen molar-refractivity contribution in [1.29, 1.82) is 0 Å². The molecule has 9 nitrogen and oxygen atoms in total. The number of fused-ring (bicyclic) bond motifs is 3. The number of para-hydroxylation sites is 1. The van der Waals surface area contributed by atoms with E-state index in [1.54, 1.807) is 26.1 Å². The van der Waals surface area contributed by atoms with Gasteiger partial charge in [-0.25, -0.2) is 14.4 Å². The number of H-pyrrole nitrogens is 2. The van der Waals surface area contributed by atoms with Crippen molar-refractivity contribution in [2.45, 2.75) is 63.6 Å². The number of nitrogens with zero attached hydrogens (tertiary/aromatic N) is 4. The third kappa shape index (κ3) is 3.97. The lowest BCUT2D eigenvalue weighted by Gasteiger charge is -2.43. The first-order valence-electron chi connectivity index (χ1n) is 13.5. The maximum absolute atomic E-state index is 13.9. The quantitative estimate of drug-likeness (QED) is 0.295. The van der Waals surface area contributed by atoms with E-state index in [0.29, 0.717) is 36.2 Å². The fraction of sp³-hybridized carbons (Fsp3) is 0.379. The molecule has 0 saturated carbocycles. The molecule has 0 aliphatic carbocycles. The first-order valence-corrected chi connectivity index (χ1v) is 13.5. The van der Waals surface area contributed by atoms with E-state index in [1.807, 2.05) is 6.07 Å². The van der Waals surface area contributed by atoms with Crippen molar-refractivity contribution < 1.29 is 13.5 Å². The van der Waals surface area contributed by atoms with Crippen molar-refractivity contribution in [3.05, 3.63) is 83.0 Å². The number of hydrogen-bond donors (Lipinski definition) is 3. The Kier molecular flexibility index (Phi) is 5.82. The van der Waals surface area contributed by atoms with Crippen LogP contribution in [0.1, 0.15) is 66.3 Å². The van der Waals surface area contributed by atoms with Crippen LogP contribution in [0.2, 0.25) is 0 Å². The fourth-order valence-electron chi connectivity index (χ4n) is 6.13. The van der Waals surface area contributed by atoms with Crippen LogP contribution in [0.25, 0.3) is 22.3 Å². The molecule has 10 heteroatoms. The molecule has 0 bridgehead atoms. The van der Waals surface area contributed by atoms with Crippen molar-refractivity contribution in [3.63, 3.8) is 0 Å². The van der Waals surface area contributed by atoms with Gasteiger partial charge in [-0.3, -0.25) is 5.32 Å². The van der Waals surface area contributed by atoms with Crippen LogP contribution in [-0.2, 0) is 16.7 Å². The second kappa shape index (κ2) is 9.39. The molecule has 1 aromatic carbocycles. The predicted octanol–water partition coefficient (Wildman–Crippen LogP) is 5.18. The second-order valence-electron chi connectivity index (χ2n) is 10.5. The van der Waals surface area contributed by atoms with E-state index in [0.717, 1.165) is 53.8 Å². The third-order valence-corrected chi connectivity index (χ3v) is 8.02. The minimum atomic E-state index is -0.902. The molecule has 6 heterocycles. The highest BCUT2D eigenvalue weighted by atomic mass is 19.1. The van der Waals surface area contributed by atoms with Crippen molar-refractivity contribution in [3.8, 4) is 11.4 Å². The van der Waals surface area contributed by atoms with Crippen LogP contribution in [0.4, 0.5) is 4.39 Å². The summed E-state index contributed by atoms with van der Waals surface area (Å²) in [6, 6.07) is 11.2. The molecule has 2 aliphatic rings. The topological polar surface area (TPSA) is 118 Å². The maximum Gasteiger partial charge on any atom is 0.245 e. The van der Waals surface area contributed by atoms with Gasteiger partial charge in [-0.1, -0.05) is 31.0 Å². The number of halogens is 1. The minimum absolute atomic E-state index is 0.217. The first-order chi connectivity index (χ1) is 19.0. The zero-order valence-electron chi connectivity index (χ0n) is 21.9. The van der Waals surface area contributed by atoms with Crippen LogP contribution in [0.3, 0.4) is 0 Å². The number of aryl methyl sites for hydroxylation is 2. The summed E-state index contributed by atoms with van der Waals surface area (Å²) in [5.41, 5.74) is 4.03. The van der Waals surface area contributed by atoms with E-state index in [9.17, 15) is 4.39 Å². The molecule has 7 rings (SSSR count). The second-order valence-corrected chi connectivity index (χ2v) is 10.5. The largest absolute Gasteiger partial charge is 0.423 e. The number of aromatic amines is 2. The highest BCUT2D eigenvalue weighted by Crippen LogP contribution is 2.46. The van der Waals surface area contributed by atoms with Crippen molar-refractivity contribution in [2.75, 3.05) is 6.61 Å². The monoisotopic (exact) mass is 527 g/mol.